The molecule has 1 heterocycles. The number of carbonyl (C=O) groups is 1. The number of amides is 1. The van der Waals surface area contributed by atoms with E-state index in [1.807, 2.05) is 38.2 Å². The van der Waals surface area contributed by atoms with E-state index in [9.17, 15) is 9.18 Å². The minimum Gasteiger partial charge on any atom is -0.339 e. The molecule has 0 N–H and O–H groups in total. The largest absolute Gasteiger partial charge is 0.339 e. The van der Waals surface area contributed by atoms with Crippen LogP contribution in [0.25, 0.3) is 5.69 Å². The van der Waals surface area contributed by atoms with Crippen LogP contribution in [-0.2, 0) is 4.79 Å². The van der Waals surface area contributed by atoms with Gasteiger partial charge in [0.1, 0.15) is 18.5 Å². The highest BCUT2D eigenvalue weighted by atomic mass is 19.1. The van der Waals surface area contributed by atoms with E-state index >= 15 is 0 Å². The van der Waals surface area contributed by atoms with E-state index < -0.39 is 0 Å². The zero-order chi connectivity index (χ0) is 19.0. The molecule has 1 amide bonds. The number of hydrogen-bond acceptors (Lipinski definition) is 3. The number of carbonyl (C=O) groups excluding carboxylic acids is 1. The highest BCUT2D eigenvalue weighted by molar-refractivity contribution is 5.83. The topological polar surface area (TPSA) is 51.0 Å². The lowest BCUT2D eigenvalue weighted by atomic mass is 10.1. The quantitative estimate of drug-likeness (QED) is 0.693. The van der Waals surface area contributed by atoms with Crippen molar-refractivity contribution in [2.24, 2.45) is 5.92 Å². The predicted molar refractivity (Wildman–Crippen MR) is 99.8 cm³/mol. The third kappa shape index (κ3) is 3.47. The summed E-state index contributed by atoms with van der Waals surface area (Å²) in [5.41, 5.74) is 3.03. The molecule has 0 aliphatic heterocycles. The minimum atomic E-state index is -0.248. The van der Waals surface area contributed by atoms with Crippen molar-refractivity contribution < 1.29 is 9.18 Å². The highest BCUT2D eigenvalue weighted by Crippen LogP contribution is 2.49. The zero-order valence-corrected chi connectivity index (χ0v) is 15.3. The van der Waals surface area contributed by atoms with Crippen molar-refractivity contribution in [2.75, 3.05) is 7.05 Å². The second kappa shape index (κ2) is 6.95. The molecule has 0 radical (unpaired) electrons. The second-order valence-electron chi connectivity index (χ2n) is 7.06. The van der Waals surface area contributed by atoms with Gasteiger partial charge >= 0.3 is 0 Å². The van der Waals surface area contributed by atoms with Crippen LogP contribution in [0, 0.1) is 11.7 Å². The molecule has 4 rings (SSSR count). The van der Waals surface area contributed by atoms with E-state index in [1.54, 1.807) is 28.0 Å². The Bertz CT molecular complexity index is 922. The van der Waals surface area contributed by atoms with Gasteiger partial charge in [-0.3, -0.25) is 4.79 Å². The van der Waals surface area contributed by atoms with Crippen LogP contribution >= 0.6 is 0 Å². The van der Waals surface area contributed by atoms with Gasteiger partial charge in [-0.2, -0.15) is 5.10 Å². The Morgan fingerprint density at radius 3 is 2.52 bits per heavy atom. The molecule has 3 aromatic rings. The number of rotatable bonds is 5. The fraction of sp³-hybridized carbons (Fsp3) is 0.286. The van der Waals surface area contributed by atoms with Gasteiger partial charge in [0.2, 0.25) is 5.91 Å². The average Bonchev–Trinajstić information content (AvgIpc) is 3.30. The van der Waals surface area contributed by atoms with Gasteiger partial charge < -0.3 is 4.90 Å². The summed E-state index contributed by atoms with van der Waals surface area (Å²) in [5.74, 6) is 0.0688. The van der Waals surface area contributed by atoms with E-state index in [0.29, 0.717) is 0 Å². The molecular formula is C21H21FN4O. The number of halogens is 1. The Morgan fingerprint density at radius 2 is 1.89 bits per heavy atom. The van der Waals surface area contributed by atoms with E-state index in [0.717, 1.165) is 23.2 Å². The predicted octanol–water partition coefficient (Wildman–Crippen LogP) is 3.73. The molecule has 2 aromatic carbocycles. The smallest absolute Gasteiger partial charge is 0.226 e. The van der Waals surface area contributed by atoms with Gasteiger partial charge in [0.05, 0.1) is 11.7 Å². The molecule has 138 valence electrons. The lowest BCUT2D eigenvalue weighted by Gasteiger charge is -2.26. The van der Waals surface area contributed by atoms with Gasteiger partial charge in [-0.25, -0.2) is 14.1 Å². The molecule has 1 saturated carbocycles. The highest BCUT2D eigenvalue weighted by Gasteiger charge is 2.45. The number of hydrogen-bond donors (Lipinski definition) is 0. The summed E-state index contributed by atoms with van der Waals surface area (Å²) in [6.45, 7) is 2.03. The van der Waals surface area contributed by atoms with Crippen LogP contribution in [0.1, 0.15) is 36.4 Å². The summed E-state index contributed by atoms with van der Waals surface area (Å²) in [6.07, 6.45) is 3.97. The van der Waals surface area contributed by atoms with Crippen LogP contribution in [0.5, 0.6) is 0 Å². The minimum absolute atomic E-state index is 0.0164. The maximum atomic E-state index is 13.1. The second-order valence-corrected chi connectivity index (χ2v) is 7.06. The number of nitrogens with zero attached hydrogens (tertiary/aromatic N) is 4. The fourth-order valence-corrected chi connectivity index (χ4v) is 3.47. The van der Waals surface area contributed by atoms with Crippen LogP contribution in [0.2, 0.25) is 0 Å². The molecule has 0 bridgehead atoms. The van der Waals surface area contributed by atoms with E-state index in [1.165, 1.54) is 18.5 Å². The van der Waals surface area contributed by atoms with E-state index in [2.05, 4.69) is 10.1 Å². The molecule has 1 aromatic heterocycles. The lowest BCUT2D eigenvalue weighted by Crippen LogP contribution is -2.31. The molecule has 1 aliphatic carbocycles. The molecule has 27 heavy (non-hydrogen) atoms. The standard InChI is InChI=1S/C21H21FN4O/c1-14(15-5-9-18(10-6-15)26-13-23-12-24-26)25(2)21(27)20-11-19(20)16-3-7-17(22)8-4-16/h3-10,12-14,19-20H,11H2,1-2H3. The molecular weight excluding hydrogens is 343 g/mol. The van der Waals surface area contributed by atoms with Gasteiger partial charge in [-0.1, -0.05) is 24.3 Å². The molecule has 6 heteroatoms. The maximum Gasteiger partial charge on any atom is 0.226 e. The van der Waals surface area contributed by atoms with Crippen molar-refractivity contribution in [3.63, 3.8) is 0 Å². The van der Waals surface area contributed by atoms with Crippen molar-refractivity contribution in [3.8, 4) is 5.69 Å². The molecule has 1 fully saturated rings. The van der Waals surface area contributed by atoms with Crippen molar-refractivity contribution >= 4 is 5.91 Å². The molecule has 0 spiro atoms. The van der Waals surface area contributed by atoms with Crippen LogP contribution in [0.4, 0.5) is 4.39 Å². The Labute approximate surface area is 157 Å². The van der Waals surface area contributed by atoms with Crippen molar-refractivity contribution in [1.82, 2.24) is 19.7 Å². The summed E-state index contributed by atoms with van der Waals surface area (Å²) in [7, 11) is 1.85. The maximum absolute atomic E-state index is 13.1. The van der Waals surface area contributed by atoms with Crippen LogP contribution < -0.4 is 0 Å². The number of aromatic nitrogens is 3. The Kier molecular flexibility index (Phi) is 4.48. The average molecular weight is 364 g/mol. The SMILES string of the molecule is CC(c1ccc(-n2cncn2)cc1)N(C)C(=O)C1CC1c1ccc(F)cc1. The molecule has 3 unspecified atom stereocenters. The third-order valence-electron chi connectivity index (χ3n) is 5.39. The summed E-state index contributed by atoms with van der Waals surface area (Å²) in [5, 5.41) is 4.12. The van der Waals surface area contributed by atoms with Crippen molar-refractivity contribution in [1.29, 1.82) is 0 Å². The van der Waals surface area contributed by atoms with E-state index in [-0.39, 0.29) is 29.6 Å². The first-order valence-corrected chi connectivity index (χ1v) is 9.01. The third-order valence-corrected chi connectivity index (χ3v) is 5.39. The fourth-order valence-electron chi connectivity index (χ4n) is 3.47. The Hall–Kier alpha value is -3.02. The summed E-state index contributed by atoms with van der Waals surface area (Å²) in [4.78, 5) is 18.6. The zero-order valence-electron chi connectivity index (χ0n) is 15.3. The summed E-state index contributed by atoms with van der Waals surface area (Å²) < 4.78 is 14.8. The van der Waals surface area contributed by atoms with Crippen LogP contribution in [-0.4, -0.2) is 32.6 Å². The first-order valence-electron chi connectivity index (χ1n) is 9.01. The summed E-state index contributed by atoms with van der Waals surface area (Å²) in [6, 6.07) is 14.4. The number of benzene rings is 2. The molecule has 1 aliphatic rings. The van der Waals surface area contributed by atoms with E-state index in [4.69, 9.17) is 0 Å². The monoisotopic (exact) mass is 364 g/mol. The van der Waals surface area contributed by atoms with Crippen LogP contribution in [0.15, 0.2) is 61.2 Å². The van der Waals surface area contributed by atoms with Crippen molar-refractivity contribution in [3.05, 3.63) is 78.1 Å². The van der Waals surface area contributed by atoms with Gasteiger partial charge in [0.15, 0.2) is 0 Å². The molecule has 0 saturated heterocycles. The summed E-state index contributed by atoms with van der Waals surface area (Å²) >= 11 is 0. The Morgan fingerprint density at radius 1 is 1.19 bits per heavy atom. The van der Waals surface area contributed by atoms with Gasteiger partial charge in [-0.15, -0.1) is 0 Å². The van der Waals surface area contributed by atoms with Gasteiger partial charge in [-0.05, 0) is 54.7 Å². The van der Waals surface area contributed by atoms with Gasteiger partial charge in [0.25, 0.3) is 0 Å². The molecule has 5 nitrogen and oxygen atoms in total. The van der Waals surface area contributed by atoms with Crippen molar-refractivity contribution in [2.45, 2.75) is 25.3 Å². The molecule has 3 atom stereocenters. The lowest BCUT2D eigenvalue weighted by molar-refractivity contribution is -0.133. The first kappa shape index (κ1) is 17.4. The first-order chi connectivity index (χ1) is 13.0. The normalized spacial score (nSPS) is 19.5. The van der Waals surface area contributed by atoms with Crippen LogP contribution in [0.3, 0.4) is 0 Å². The van der Waals surface area contributed by atoms with Gasteiger partial charge in [0, 0.05) is 13.0 Å². The Balaban J connectivity index is 1.42.